The van der Waals surface area contributed by atoms with Gasteiger partial charge in [-0.1, -0.05) is 18.2 Å². The Morgan fingerprint density at radius 1 is 1.10 bits per heavy atom. The summed E-state index contributed by atoms with van der Waals surface area (Å²) in [5, 5.41) is -0.384. The van der Waals surface area contributed by atoms with E-state index in [1.807, 2.05) is 50.2 Å². The number of para-hydroxylation sites is 1. The summed E-state index contributed by atoms with van der Waals surface area (Å²) >= 11 is 0.899. The molecule has 6 nitrogen and oxygen atoms in total. The van der Waals surface area contributed by atoms with Crippen molar-refractivity contribution in [3.8, 4) is 5.69 Å². The molecular weight excluding hydrogens is 386 g/mol. The third kappa shape index (κ3) is 3.74. The Labute approximate surface area is 174 Å². The molecule has 0 atom stereocenters. The van der Waals surface area contributed by atoms with Gasteiger partial charge in [-0.15, -0.1) is 0 Å². The van der Waals surface area contributed by atoms with Crippen LogP contribution in [0, 0.1) is 13.8 Å². The first-order valence-electron chi connectivity index (χ1n) is 9.73. The van der Waals surface area contributed by atoms with Crippen molar-refractivity contribution in [1.29, 1.82) is 0 Å². The first-order valence-corrected chi connectivity index (χ1v) is 10.5. The SMILES string of the molecule is Cc1cc(/C=C2/SC(=O)N(CC(=O)N3CCCC3)C2=O)c(C)n1-c1ccccc1. The lowest BCUT2D eigenvalue weighted by atomic mass is 10.2. The molecule has 0 unspecified atom stereocenters. The summed E-state index contributed by atoms with van der Waals surface area (Å²) in [7, 11) is 0. The van der Waals surface area contributed by atoms with Gasteiger partial charge in [0, 0.05) is 30.2 Å². The Kier molecular flexibility index (Phi) is 5.32. The lowest BCUT2D eigenvalue weighted by Gasteiger charge is -2.18. The van der Waals surface area contributed by atoms with Gasteiger partial charge >= 0.3 is 0 Å². The highest BCUT2D eigenvalue weighted by molar-refractivity contribution is 8.18. The van der Waals surface area contributed by atoms with Gasteiger partial charge in [0.1, 0.15) is 6.54 Å². The molecule has 0 spiro atoms. The third-order valence-electron chi connectivity index (χ3n) is 5.40. The number of aryl methyl sites for hydroxylation is 1. The molecule has 0 bridgehead atoms. The summed E-state index contributed by atoms with van der Waals surface area (Å²) in [5.74, 6) is -0.551. The summed E-state index contributed by atoms with van der Waals surface area (Å²) in [4.78, 5) is 40.7. The average molecular weight is 410 g/mol. The molecule has 1 aromatic carbocycles. The number of benzene rings is 1. The number of imide groups is 1. The Hall–Kier alpha value is -2.80. The largest absolute Gasteiger partial charge is 0.341 e. The molecule has 3 heterocycles. The first-order chi connectivity index (χ1) is 14.0. The van der Waals surface area contributed by atoms with E-state index in [9.17, 15) is 14.4 Å². The zero-order valence-corrected chi connectivity index (χ0v) is 17.4. The van der Waals surface area contributed by atoms with Crippen LogP contribution in [-0.2, 0) is 9.59 Å². The van der Waals surface area contributed by atoms with Crippen molar-refractivity contribution < 1.29 is 14.4 Å². The minimum absolute atomic E-state index is 0.159. The van der Waals surface area contributed by atoms with Crippen LogP contribution in [0.4, 0.5) is 4.79 Å². The molecule has 0 saturated carbocycles. The van der Waals surface area contributed by atoms with Crippen LogP contribution >= 0.6 is 11.8 Å². The fourth-order valence-corrected chi connectivity index (χ4v) is 4.72. The topological polar surface area (TPSA) is 62.6 Å². The smallest absolute Gasteiger partial charge is 0.294 e. The minimum Gasteiger partial charge on any atom is -0.341 e. The number of thioether (sulfide) groups is 1. The van der Waals surface area contributed by atoms with Gasteiger partial charge in [-0.2, -0.15) is 0 Å². The van der Waals surface area contributed by atoms with Crippen LogP contribution in [0.15, 0.2) is 41.3 Å². The standard InChI is InChI=1S/C22H23N3O3S/c1-15-12-17(16(2)25(15)18-8-4-3-5-9-18)13-19-21(27)24(22(28)29-19)14-20(26)23-10-6-7-11-23/h3-5,8-9,12-13H,6-7,10-11,14H2,1-2H3/b19-13+. The van der Waals surface area contributed by atoms with E-state index in [0.717, 1.165) is 52.1 Å². The number of nitrogens with zero attached hydrogens (tertiary/aromatic N) is 3. The van der Waals surface area contributed by atoms with Crippen LogP contribution in [0.3, 0.4) is 0 Å². The highest BCUT2D eigenvalue weighted by atomic mass is 32.2. The second-order valence-corrected chi connectivity index (χ2v) is 8.35. The lowest BCUT2D eigenvalue weighted by Crippen LogP contribution is -2.40. The molecule has 0 aliphatic carbocycles. The molecule has 2 aliphatic heterocycles. The predicted molar refractivity (Wildman–Crippen MR) is 114 cm³/mol. The Morgan fingerprint density at radius 2 is 1.79 bits per heavy atom. The molecule has 29 heavy (non-hydrogen) atoms. The van der Waals surface area contributed by atoms with E-state index in [2.05, 4.69) is 4.57 Å². The van der Waals surface area contributed by atoms with Gasteiger partial charge in [0.25, 0.3) is 11.1 Å². The number of likely N-dealkylation sites (tertiary alicyclic amines) is 1. The maximum absolute atomic E-state index is 12.8. The van der Waals surface area contributed by atoms with Crippen LogP contribution < -0.4 is 0 Å². The van der Waals surface area contributed by atoms with Gasteiger partial charge < -0.3 is 9.47 Å². The van der Waals surface area contributed by atoms with E-state index < -0.39 is 5.91 Å². The molecule has 2 fully saturated rings. The van der Waals surface area contributed by atoms with E-state index in [0.29, 0.717) is 18.0 Å². The van der Waals surface area contributed by atoms with E-state index >= 15 is 0 Å². The van der Waals surface area contributed by atoms with Crippen molar-refractivity contribution in [2.24, 2.45) is 0 Å². The average Bonchev–Trinajstić information content (AvgIpc) is 3.40. The molecule has 0 N–H and O–H groups in total. The normalized spacial score (nSPS) is 18.3. The summed E-state index contributed by atoms with van der Waals surface area (Å²) in [6.45, 7) is 5.24. The number of rotatable bonds is 4. The zero-order chi connectivity index (χ0) is 20.5. The van der Waals surface area contributed by atoms with Gasteiger partial charge in [-0.05, 0) is 68.3 Å². The molecule has 7 heteroatoms. The quantitative estimate of drug-likeness (QED) is 0.722. The zero-order valence-electron chi connectivity index (χ0n) is 16.6. The van der Waals surface area contributed by atoms with Gasteiger partial charge in [0.05, 0.1) is 4.91 Å². The lowest BCUT2D eigenvalue weighted by molar-refractivity contribution is -0.135. The number of hydrogen-bond donors (Lipinski definition) is 0. The highest BCUT2D eigenvalue weighted by Crippen LogP contribution is 2.33. The van der Waals surface area contributed by atoms with Crippen molar-refractivity contribution in [3.63, 3.8) is 0 Å². The van der Waals surface area contributed by atoms with Crippen molar-refractivity contribution in [2.45, 2.75) is 26.7 Å². The summed E-state index contributed by atoms with van der Waals surface area (Å²) in [6, 6.07) is 12.0. The van der Waals surface area contributed by atoms with Crippen LogP contribution in [0.2, 0.25) is 0 Å². The van der Waals surface area contributed by atoms with Gasteiger partial charge in [-0.25, -0.2) is 0 Å². The second kappa shape index (κ2) is 7.91. The number of carbonyl (C=O) groups is 3. The maximum atomic E-state index is 12.8. The molecule has 2 aliphatic rings. The Morgan fingerprint density at radius 3 is 2.48 bits per heavy atom. The van der Waals surface area contributed by atoms with Gasteiger partial charge in [0.2, 0.25) is 5.91 Å². The molecule has 0 radical (unpaired) electrons. The molecule has 3 amide bonds. The summed E-state index contributed by atoms with van der Waals surface area (Å²) in [5.41, 5.74) is 3.98. The first kappa shape index (κ1) is 19.5. The van der Waals surface area contributed by atoms with E-state index in [1.165, 1.54) is 0 Å². The molecular formula is C22H23N3O3S. The van der Waals surface area contributed by atoms with Crippen LogP contribution in [0.5, 0.6) is 0 Å². The number of carbonyl (C=O) groups excluding carboxylic acids is 3. The van der Waals surface area contributed by atoms with Crippen LogP contribution in [0.1, 0.15) is 29.8 Å². The second-order valence-electron chi connectivity index (χ2n) is 7.35. The predicted octanol–water partition coefficient (Wildman–Crippen LogP) is 3.75. The van der Waals surface area contributed by atoms with Gasteiger partial charge in [-0.3, -0.25) is 19.3 Å². The highest BCUT2D eigenvalue weighted by Gasteiger charge is 2.37. The minimum atomic E-state index is -0.392. The summed E-state index contributed by atoms with van der Waals surface area (Å²) < 4.78 is 2.12. The number of hydrogen-bond acceptors (Lipinski definition) is 4. The molecule has 150 valence electrons. The molecule has 4 rings (SSSR count). The van der Waals surface area contributed by atoms with Crippen molar-refractivity contribution in [1.82, 2.24) is 14.4 Å². The molecule has 2 saturated heterocycles. The van der Waals surface area contributed by atoms with Gasteiger partial charge in [0.15, 0.2) is 0 Å². The number of aromatic nitrogens is 1. The Balaban J connectivity index is 1.57. The van der Waals surface area contributed by atoms with E-state index in [-0.39, 0.29) is 17.7 Å². The monoisotopic (exact) mass is 409 g/mol. The fourth-order valence-electron chi connectivity index (χ4n) is 3.89. The third-order valence-corrected chi connectivity index (χ3v) is 6.30. The number of amides is 3. The maximum Gasteiger partial charge on any atom is 0.294 e. The van der Waals surface area contributed by atoms with Crippen molar-refractivity contribution in [3.05, 3.63) is 58.3 Å². The summed E-state index contributed by atoms with van der Waals surface area (Å²) in [6.07, 6.45) is 3.71. The van der Waals surface area contributed by atoms with E-state index in [1.54, 1.807) is 11.0 Å². The molecule has 1 aromatic heterocycles. The van der Waals surface area contributed by atoms with Crippen LogP contribution in [0.25, 0.3) is 11.8 Å². The molecule has 2 aromatic rings. The fraction of sp³-hybridized carbons (Fsp3) is 0.318. The van der Waals surface area contributed by atoms with Crippen molar-refractivity contribution >= 4 is 34.9 Å². The Bertz CT molecular complexity index is 1000. The van der Waals surface area contributed by atoms with E-state index in [4.69, 9.17) is 0 Å². The van der Waals surface area contributed by atoms with Crippen molar-refractivity contribution in [2.75, 3.05) is 19.6 Å². The van der Waals surface area contributed by atoms with Crippen LogP contribution in [-0.4, -0.2) is 51.1 Å².